The molecule has 1 unspecified atom stereocenters. The SMILES string of the molecule is O=S(=O)(c1ccccc1)N1CCC(CCc2noc(-c3cccnc3)n2)C1. The van der Waals surface area contributed by atoms with Gasteiger partial charge in [-0.15, -0.1) is 0 Å². The molecule has 2 aromatic heterocycles. The van der Waals surface area contributed by atoms with Crippen LogP contribution in [0.25, 0.3) is 11.5 Å². The molecule has 7 nitrogen and oxygen atoms in total. The van der Waals surface area contributed by atoms with Crippen LogP contribution in [0.4, 0.5) is 0 Å². The zero-order chi connectivity index (χ0) is 18.7. The molecule has 4 rings (SSSR count). The van der Waals surface area contributed by atoms with E-state index in [0.29, 0.717) is 42.0 Å². The summed E-state index contributed by atoms with van der Waals surface area (Å²) in [6.45, 7) is 1.08. The molecule has 0 N–H and O–H groups in total. The number of hydrogen-bond donors (Lipinski definition) is 0. The molecule has 3 heterocycles. The summed E-state index contributed by atoms with van der Waals surface area (Å²) in [4.78, 5) is 8.80. The number of aromatic nitrogens is 3. The fourth-order valence-electron chi connectivity index (χ4n) is 3.29. The summed E-state index contributed by atoms with van der Waals surface area (Å²) in [7, 11) is -3.41. The molecule has 1 saturated heterocycles. The van der Waals surface area contributed by atoms with Gasteiger partial charge in [-0.2, -0.15) is 9.29 Å². The first-order valence-corrected chi connectivity index (χ1v) is 10.3. The molecule has 0 bridgehead atoms. The second kappa shape index (κ2) is 7.58. The topological polar surface area (TPSA) is 89.2 Å². The van der Waals surface area contributed by atoms with Crippen molar-refractivity contribution in [1.29, 1.82) is 0 Å². The van der Waals surface area contributed by atoms with Crippen LogP contribution in [0.3, 0.4) is 0 Å². The quantitative estimate of drug-likeness (QED) is 0.649. The molecule has 0 spiro atoms. The van der Waals surface area contributed by atoms with Crippen LogP contribution in [0.15, 0.2) is 64.3 Å². The minimum Gasteiger partial charge on any atom is -0.334 e. The van der Waals surface area contributed by atoms with Crippen LogP contribution in [0.2, 0.25) is 0 Å². The number of sulfonamides is 1. The Kier molecular flexibility index (Phi) is 5.00. The van der Waals surface area contributed by atoms with Crippen molar-refractivity contribution < 1.29 is 12.9 Å². The molecule has 0 aliphatic carbocycles. The average Bonchev–Trinajstić information content (AvgIpc) is 3.38. The number of rotatable bonds is 6. The summed E-state index contributed by atoms with van der Waals surface area (Å²) in [5, 5.41) is 4.02. The lowest BCUT2D eigenvalue weighted by Gasteiger charge is -2.16. The molecule has 8 heteroatoms. The minimum atomic E-state index is -3.41. The number of hydrogen-bond acceptors (Lipinski definition) is 6. The van der Waals surface area contributed by atoms with Gasteiger partial charge in [0.1, 0.15) is 0 Å². The van der Waals surface area contributed by atoms with Gasteiger partial charge in [-0.1, -0.05) is 23.4 Å². The Labute approximate surface area is 158 Å². The van der Waals surface area contributed by atoms with Crippen LogP contribution in [-0.2, 0) is 16.4 Å². The van der Waals surface area contributed by atoms with Crippen LogP contribution < -0.4 is 0 Å². The normalized spacial score (nSPS) is 18.0. The van der Waals surface area contributed by atoms with E-state index in [0.717, 1.165) is 18.4 Å². The predicted molar refractivity (Wildman–Crippen MR) is 99.2 cm³/mol. The van der Waals surface area contributed by atoms with E-state index < -0.39 is 10.0 Å². The highest BCUT2D eigenvalue weighted by Gasteiger charge is 2.32. The standard InChI is InChI=1S/C19H20N4O3S/c24-27(25,17-6-2-1-3-7-17)23-12-10-15(14-23)8-9-18-21-19(26-22-18)16-5-4-11-20-13-16/h1-7,11,13,15H,8-10,12,14H2. The number of aryl methyl sites for hydroxylation is 1. The van der Waals surface area contributed by atoms with Gasteiger partial charge in [-0.3, -0.25) is 4.98 Å². The summed E-state index contributed by atoms with van der Waals surface area (Å²) in [5.74, 6) is 1.39. The van der Waals surface area contributed by atoms with Gasteiger partial charge in [0.2, 0.25) is 10.0 Å². The lowest BCUT2D eigenvalue weighted by molar-refractivity contribution is 0.413. The average molecular weight is 384 g/mol. The van der Waals surface area contributed by atoms with Crippen molar-refractivity contribution in [2.75, 3.05) is 13.1 Å². The van der Waals surface area contributed by atoms with Crippen LogP contribution in [0, 0.1) is 5.92 Å². The molecule has 1 aliphatic rings. The molecule has 140 valence electrons. The number of benzene rings is 1. The van der Waals surface area contributed by atoms with Crippen molar-refractivity contribution in [3.63, 3.8) is 0 Å². The smallest absolute Gasteiger partial charge is 0.259 e. The monoisotopic (exact) mass is 384 g/mol. The second-order valence-electron chi connectivity index (χ2n) is 6.63. The Morgan fingerprint density at radius 3 is 2.78 bits per heavy atom. The number of nitrogens with zero attached hydrogens (tertiary/aromatic N) is 4. The van der Waals surface area contributed by atoms with Crippen molar-refractivity contribution in [3.05, 3.63) is 60.7 Å². The third-order valence-electron chi connectivity index (χ3n) is 4.78. The molecular formula is C19H20N4O3S. The number of pyridine rings is 1. The third kappa shape index (κ3) is 3.91. The van der Waals surface area contributed by atoms with Crippen molar-refractivity contribution in [1.82, 2.24) is 19.4 Å². The van der Waals surface area contributed by atoms with E-state index in [1.165, 1.54) is 0 Å². The summed E-state index contributed by atoms with van der Waals surface area (Å²) < 4.78 is 32.3. The maximum atomic E-state index is 12.7. The minimum absolute atomic E-state index is 0.295. The molecule has 0 amide bonds. The zero-order valence-corrected chi connectivity index (χ0v) is 15.5. The molecule has 0 saturated carbocycles. The lowest BCUT2D eigenvalue weighted by Crippen LogP contribution is -2.28. The Hall–Kier alpha value is -2.58. The highest BCUT2D eigenvalue weighted by molar-refractivity contribution is 7.89. The van der Waals surface area contributed by atoms with Crippen LogP contribution in [0.5, 0.6) is 0 Å². The third-order valence-corrected chi connectivity index (χ3v) is 6.66. The van der Waals surface area contributed by atoms with E-state index in [1.54, 1.807) is 41.0 Å². The van der Waals surface area contributed by atoms with Crippen molar-refractivity contribution in [3.8, 4) is 11.5 Å². The van der Waals surface area contributed by atoms with Gasteiger partial charge in [0.15, 0.2) is 5.82 Å². The predicted octanol–water partition coefficient (Wildman–Crippen LogP) is 2.78. The fourth-order valence-corrected chi connectivity index (χ4v) is 4.84. The zero-order valence-electron chi connectivity index (χ0n) is 14.7. The van der Waals surface area contributed by atoms with Gasteiger partial charge in [0, 0.05) is 31.9 Å². The Morgan fingerprint density at radius 1 is 1.15 bits per heavy atom. The van der Waals surface area contributed by atoms with E-state index >= 15 is 0 Å². The maximum Gasteiger partial charge on any atom is 0.259 e. The molecule has 0 radical (unpaired) electrons. The molecule has 1 aromatic carbocycles. The highest BCUT2D eigenvalue weighted by atomic mass is 32.2. The van der Waals surface area contributed by atoms with Crippen LogP contribution in [-0.4, -0.2) is 40.9 Å². The highest BCUT2D eigenvalue weighted by Crippen LogP contribution is 2.27. The first-order valence-electron chi connectivity index (χ1n) is 8.91. The van der Waals surface area contributed by atoms with Crippen LogP contribution >= 0.6 is 0 Å². The Morgan fingerprint density at radius 2 is 2.00 bits per heavy atom. The molecule has 1 aliphatic heterocycles. The second-order valence-corrected chi connectivity index (χ2v) is 8.56. The van der Waals surface area contributed by atoms with Gasteiger partial charge in [-0.05, 0) is 43.0 Å². The van der Waals surface area contributed by atoms with E-state index in [4.69, 9.17) is 4.52 Å². The molecular weight excluding hydrogens is 364 g/mol. The summed E-state index contributed by atoms with van der Waals surface area (Å²) in [6, 6.07) is 12.3. The fraction of sp³-hybridized carbons (Fsp3) is 0.316. The Bertz CT molecular complexity index is 990. The van der Waals surface area contributed by atoms with Crippen molar-refractivity contribution in [2.45, 2.75) is 24.2 Å². The first-order chi connectivity index (χ1) is 13.1. The molecule has 27 heavy (non-hydrogen) atoms. The van der Waals surface area contributed by atoms with Gasteiger partial charge < -0.3 is 4.52 Å². The van der Waals surface area contributed by atoms with E-state index in [2.05, 4.69) is 15.1 Å². The van der Waals surface area contributed by atoms with E-state index in [9.17, 15) is 8.42 Å². The van der Waals surface area contributed by atoms with Gasteiger partial charge in [-0.25, -0.2) is 8.42 Å². The van der Waals surface area contributed by atoms with E-state index in [-0.39, 0.29) is 0 Å². The maximum absolute atomic E-state index is 12.7. The van der Waals surface area contributed by atoms with Gasteiger partial charge in [0.05, 0.1) is 10.5 Å². The lowest BCUT2D eigenvalue weighted by atomic mass is 10.0. The van der Waals surface area contributed by atoms with Gasteiger partial charge >= 0.3 is 0 Å². The van der Waals surface area contributed by atoms with Crippen LogP contribution in [0.1, 0.15) is 18.7 Å². The molecule has 1 fully saturated rings. The molecule has 3 aromatic rings. The van der Waals surface area contributed by atoms with E-state index in [1.807, 2.05) is 18.2 Å². The Balaban J connectivity index is 1.35. The first kappa shape index (κ1) is 17.8. The summed E-state index contributed by atoms with van der Waals surface area (Å²) in [5.41, 5.74) is 0.789. The molecule has 1 atom stereocenters. The largest absolute Gasteiger partial charge is 0.334 e. The van der Waals surface area contributed by atoms with Gasteiger partial charge in [0.25, 0.3) is 5.89 Å². The van der Waals surface area contributed by atoms with Crippen molar-refractivity contribution >= 4 is 10.0 Å². The van der Waals surface area contributed by atoms with Crippen molar-refractivity contribution in [2.24, 2.45) is 5.92 Å². The summed E-state index contributed by atoms with van der Waals surface area (Å²) in [6.07, 6.45) is 5.70. The summed E-state index contributed by atoms with van der Waals surface area (Å²) >= 11 is 0.